The number of aromatic hydroxyl groups is 1. The lowest BCUT2D eigenvalue weighted by molar-refractivity contribution is 0.457. The Morgan fingerprint density at radius 2 is 1.96 bits per heavy atom. The monoisotopic (exact) mass is 347 g/mol. The highest BCUT2D eigenvalue weighted by atomic mass is 32.1. The third-order valence-corrected chi connectivity index (χ3v) is 5.02. The molecule has 0 saturated heterocycles. The molecule has 25 heavy (non-hydrogen) atoms. The zero-order valence-corrected chi connectivity index (χ0v) is 14.8. The third kappa shape index (κ3) is 3.06. The van der Waals surface area contributed by atoms with E-state index in [1.54, 1.807) is 0 Å². The average Bonchev–Trinajstić information content (AvgIpc) is 3.16. The van der Waals surface area contributed by atoms with Gasteiger partial charge in [0.1, 0.15) is 0 Å². The molecule has 1 aromatic heterocycles. The fourth-order valence-corrected chi connectivity index (χ4v) is 3.58. The summed E-state index contributed by atoms with van der Waals surface area (Å²) in [6.45, 7) is 4.10. The number of para-hydroxylation sites is 1. The Kier molecular flexibility index (Phi) is 3.86. The minimum Gasteiger partial charge on any atom is -0.492 e. The molecule has 1 aliphatic heterocycles. The van der Waals surface area contributed by atoms with E-state index in [0.717, 1.165) is 28.1 Å². The van der Waals surface area contributed by atoms with Gasteiger partial charge in [0.15, 0.2) is 5.13 Å². The van der Waals surface area contributed by atoms with E-state index in [9.17, 15) is 5.11 Å². The molecule has 1 aliphatic rings. The Labute approximate surface area is 150 Å². The van der Waals surface area contributed by atoms with Gasteiger partial charge in [-0.1, -0.05) is 41.7 Å². The van der Waals surface area contributed by atoms with Crippen LogP contribution in [0.25, 0.3) is 11.6 Å². The highest BCUT2D eigenvalue weighted by Crippen LogP contribution is 2.37. The van der Waals surface area contributed by atoms with Gasteiger partial charge in [-0.2, -0.15) is 4.98 Å². The van der Waals surface area contributed by atoms with E-state index in [4.69, 9.17) is 0 Å². The Balaban J connectivity index is 1.65. The standard InChI is InChI=1S/C20H17N3OS/c1-12-7-8-13(2)17(9-12)22-20-23-19(24)18(25-20)10-14-11-21-16-6-4-3-5-15(14)16/h3-11,24H,1-2H3,(H,22,23)/b14-10+. The van der Waals surface area contributed by atoms with Crippen LogP contribution in [0.15, 0.2) is 47.5 Å². The van der Waals surface area contributed by atoms with Gasteiger partial charge in [0.2, 0.25) is 5.88 Å². The number of thiazole rings is 1. The molecule has 2 heterocycles. The zero-order valence-electron chi connectivity index (χ0n) is 13.9. The lowest BCUT2D eigenvalue weighted by atomic mass is 10.1. The molecule has 0 radical (unpaired) electrons. The first-order valence-electron chi connectivity index (χ1n) is 7.99. The molecule has 5 heteroatoms. The van der Waals surface area contributed by atoms with Crippen molar-refractivity contribution in [1.29, 1.82) is 0 Å². The summed E-state index contributed by atoms with van der Waals surface area (Å²) in [5.41, 5.74) is 6.31. The molecular formula is C20H17N3OS. The third-order valence-electron chi connectivity index (χ3n) is 4.11. The van der Waals surface area contributed by atoms with Crippen LogP contribution in [0.5, 0.6) is 5.88 Å². The molecule has 0 aliphatic carbocycles. The summed E-state index contributed by atoms with van der Waals surface area (Å²) in [7, 11) is 0. The molecule has 3 aromatic rings. The minimum absolute atomic E-state index is 0.0306. The SMILES string of the molecule is Cc1ccc(C)c(Nc2nc(O)c(/C=C3\C=Nc4ccccc43)s2)c1. The Bertz CT molecular complexity index is 1020. The number of aryl methyl sites for hydroxylation is 2. The molecule has 0 bridgehead atoms. The molecule has 2 aromatic carbocycles. The number of benzene rings is 2. The van der Waals surface area contributed by atoms with Gasteiger partial charge in [-0.25, -0.2) is 0 Å². The maximum Gasteiger partial charge on any atom is 0.231 e. The smallest absolute Gasteiger partial charge is 0.231 e. The number of nitrogens with one attached hydrogen (secondary N) is 1. The van der Waals surface area contributed by atoms with Gasteiger partial charge >= 0.3 is 0 Å². The summed E-state index contributed by atoms with van der Waals surface area (Å²) in [5.74, 6) is 0.0306. The van der Waals surface area contributed by atoms with Gasteiger partial charge in [-0.15, -0.1) is 0 Å². The van der Waals surface area contributed by atoms with Crippen molar-refractivity contribution in [1.82, 2.24) is 4.98 Å². The first kappa shape index (κ1) is 15.6. The average molecular weight is 347 g/mol. The van der Waals surface area contributed by atoms with Crippen molar-refractivity contribution in [3.8, 4) is 5.88 Å². The van der Waals surface area contributed by atoms with Crippen LogP contribution in [0.1, 0.15) is 21.6 Å². The van der Waals surface area contributed by atoms with E-state index in [1.807, 2.05) is 43.5 Å². The van der Waals surface area contributed by atoms with Crippen LogP contribution in [-0.2, 0) is 0 Å². The molecule has 0 saturated carbocycles. The van der Waals surface area contributed by atoms with Gasteiger partial charge in [0.25, 0.3) is 0 Å². The van der Waals surface area contributed by atoms with Crippen LogP contribution >= 0.6 is 11.3 Å². The molecule has 0 fully saturated rings. The van der Waals surface area contributed by atoms with Crippen molar-refractivity contribution in [2.45, 2.75) is 13.8 Å². The van der Waals surface area contributed by atoms with Crippen LogP contribution in [0.4, 0.5) is 16.5 Å². The summed E-state index contributed by atoms with van der Waals surface area (Å²) in [6.07, 6.45) is 3.75. The first-order chi connectivity index (χ1) is 12.1. The molecule has 0 spiro atoms. The van der Waals surface area contributed by atoms with Gasteiger partial charge in [-0.05, 0) is 43.2 Å². The van der Waals surface area contributed by atoms with E-state index in [2.05, 4.69) is 40.4 Å². The first-order valence-corrected chi connectivity index (χ1v) is 8.81. The number of aliphatic imine (C=N–C) groups is 1. The summed E-state index contributed by atoms with van der Waals surface area (Å²) in [5, 5.41) is 14.2. The molecule has 0 amide bonds. The van der Waals surface area contributed by atoms with E-state index in [0.29, 0.717) is 10.0 Å². The summed E-state index contributed by atoms with van der Waals surface area (Å²) >= 11 is 1.42. The number of fused-ring (bicyclic) bond motifs is 1. The molecular weight excluding hydrogens is 330 g/mol. The van der Waals surface area contributed by atoms with E-state index in [-0.39, 0.29) is 5.88 Å². The topological polar surface area (TPSA) is 57.5 Å². The van der Waals surface area contributed by atoms with Gasteiger partial charge in [0.05, 0.1) is 10.6 Å². The second kappa shape index (κ2) is 6.18. The molecule has 0 unspecified atom stereocenters. The number of nitrogens with zero attached hydrogens (tertiary/aromatic N) is 2. The Morgan fingerprint density at radius 1 is 1.12 bits per heavy atom. The fraction of sp³-hybridized carbons (Fsp3) is 0.100. The van der Waals surface area contributed by atoms with Crippen molar-refractivity contribution in [2.24, 2.45) is 4.99 Å². The number of aromatic nitrogens is 1. The van der Waals surface area contributed by atoms with E-state index < -0.39 is 0 Å². The number of hydrogen-bond donors (Lipinski definition) is 2. The van der Waals surface area contributed by atoms with E-state index in [1.165, 1.54) is 16.9 Å². The van der Waals surface area contributed by atoms with Crippen molar-refractivity contribution in [3.63, 3.8) is 0 Å². The van der Waals surface area contributed by atoms with Gasteiger partial charge in [-0.3, -0.25) is 4.99 Å². The van der Waals surface area contributed by atoms with Crippen molar-refractivity contribution >= 4 is 45.7 Å². The number of hydrogen-bond acceptors (Lipinski definition) is 5. The molecule has 2 N–H and O–H groups in total. The van der Waals surface area contributed by atoms with Crippen LogP contribution in [0.3, 0.4) is 0 Å². The Hall–Kier alpha value is -2.92. The maximum absolute atomic E-state index is 10.2. The van der Waals surface area contributed by atoms with E-state index >= 15 is 0 Å². The zero-order chi connectivity index (χ0) is 17.4. The highest BCUT2D eigenvalue weighted by Gasteiger charge is 2.15. The predicted octanol–water partition coefficient (Wildman–Crippen LogP) is 5.47. The lowest BCUT2D eigenvalue weighted by Crippen LogP contribution is -1.92. The largest absolute Gasteiger partial charge is 0.492 e. The molecule has 124 valence electrons. The Morgan fingerprint density at radius 3 is 2.84 bits per heavy atom. The quantitative estimate of drug-likeness (QED) is 0.661. The second-order valence-electron chi connectivity index (χ2n) is 6.03. The van der Waals surface area contributed by atoms with Crippen LogP contribution in [0.2, 0.25) is 0 Å². The fourth-order valence-electron chi connectivity index (χ4n) is 2.75. The second-order valence-corrected chi connectivity index (χ2v) is 7.06. The summed E-state index contributed by atoms with van der Waals surface area (Å²) in [6, 6.07) is 14.2. The molecule has 0 atom stereocenters. The highest BCUT2D eigenvalue weighted by molar-refractivity contribution is 7.16. The van der Waals surface area contributed by atoms with Gasteiger partial charge in [0, 0.05) is 23.0 Å². The maximum atomic E-state index is 10.2. The van der Waals surface area contributed by atoms with Gasteiger partial charge < -0.3 is 10.4 Å². The van der Waals surface area contributed by atoms with Crippen LogP contribution in [-0.4, -0.2) is 16.3 Å². The summed E-state index contributed by atoms with van der Waals surface area (Å²) in [4.78, 5) is 9.36. The summed E-state index contributed by atoms with van der Waals surface area (Å²) < 4.78 is 0. The normalized spacial score (nSPS) is 14.1. The lowest BCUT2D eigenvalue weighted by Gasteiger charge is -2.07. The van der Waals surface area contributed by atoms with Crippen LogP contribution in [0, 0.1) is 13.8 Å². The van der Waals surface area contributed by atoms with Crippen LogP contribution < -0.4 is 5.32 Å². The predicted molar refractivity (Wildman–Crippen MR) is 105 cm³/mol. The molecule has 4 nitrogen and oxygen atoms in total. The number of rotatable bonds is 3. The number of anilines is 2. The number of allylic oxidation sites excluding steroid dienone is 1. The minimum atomic E-state index is 0.0306. The van der Waals surface area contributed by atoms with Crippen molar-refractivity contribution < 1.29 is 5.11 Å². The molecule has 4 rings (SSSR count). The van der Waals surface area contributed by atoms with Crippen molar-refractivity contribution in [2.75, 3.05) is 5.32 Å². The van der Waals surface area contributed by atoms with Crippen molar-refractivity contribution in [3.05, 3.63) is 64.0 Å².